The van der Waals surface area contributed by atoms with Gasteiger partial charge in [-0.3, -0.25) is 14.9 Å². The number of aryl methyl sites for hydroxylation is 1. The fraction of sp³-hybridized carbons (Fsp3) is 0.429. The number of carbonyl (C=O) groups is 1. The number of rotatable bonds is 2. The van der Waals surface area contributed by atoms with E-state index >= 15 is 0 Å². The second-order valence-electron chi connectivity index (χ2n) is 4.95. The number of hydrogen-bond acceptors (Lipinski definition) is 4. The van der Waals surface area contributed by atoms with Crippen LogP contribution >= 0.6 is 0 Å². The van der Waals surface area contributed by atoms with Crippen molar-refractivity contribution < 1.29 is 9.72 Å². The van der Waals surface area contributed by atoms with E-state index in [0.29, 0.717) is 37.1 Å². The predicted octanol–water partition coefficient (Wildman–Crippen LogP) is 2.28. The molecule has 1 aromatic carbocycles. The maximum Gasteiger partial charge on any atom is 0.269 e. The third-order valence-corrected chi connectivity index (χ3v) is 3.62. The van der Waals surface area contributed by atoms with Gasteiger partial charge in [0.25, 0.3) is 11.6 Å². The largest absolute Gasteiger partial charge is 0.339 e. The zero-order chi connectivity index (χ0) is 14.7. The molecule has 20 heavy (non-hydrogen) atoms. The standard InChI is InChI=1S/C14H15N3O3/c1-10-8-12(17(19)20)2-3-13(10)14(18)16-6-4-11(9-15)5-7-16/h2-3,8,11H,4-7H2,1H3. The molecule has 2 rings (SSSR count). The van der Waals surface area contributed by atoms with Crippen molar-refractivity contribution in [1.29, 1.82) is 5.26 Å². The van der Waals surface area contributed by atoms with E-state index in [1.54, 1.807) is 11.8 Å². The lowest BCUT2D eigenvalue weighted by Gasteiger charge is -2.29. The minimum atomic E-state index is -0.473. The maximum absolute atomic E-state index is 12.4. The van der Waals surface area contributed by atoms with E-state index in [1.807, 2.05) is 0 Å². The Bertz CT molecular complexity index is 584. The van der Waals surface area contributed by atoms with E-state index in [0.717, 1.165) is 0 Å². The topological polar surface area (TPSA) is 87.2 Å². The number of nitrogens with zero attached hydrogens (tertiary/aromatic N) is 3. The first kappa shape index (κ1) is 14.0. The maximum atomic E-state index is 12.4. The lowest BCUT2D eigenvalue weighted by atomic mass is 9.97. The minimum absolute atomic E-state index is 0.0118. The van der Waals surface area contributed by atoms with Crippen LogP contribution in [0.25, 0.3) is 0 Å². The molecule has 1 amide bonds. The van der Waals surface area contributed by atoms with Crippen LogP contribution < -0.4 is 0 Å². The molecule has 0 spiro atoms. The van der Waals surface area contributed by atoms with Gasteiger partial charge in [0, 0.05) is 36.7 Å². The van der Waals surface area contributed by atoms with Crippen molar-refractivity contribution in [3.8, 4) is 6.07 Å². The Balaban J connectivity index is 2.14. The molecule has 1 fully saturated rings. The van der Waals surface area contributed by atoms with Gasteiger partial charge in [0.05, 0.1) is 11.0 Å². The Kier molecular flexibility index (Phi) is 3.99. The number of nitro benzene ring substituents is 1. The highest BCUT2D eigenvalue weighted by Crippen LogP contribution is 2.22. The van der Waals surface area contributed by atoms with Gasteiger partial charge in [-0.25, -0.2) is 0 Å². The predicted molar refractivity (Wildman–Crippen MR) is 72.1 cm³/mol. The van der Waals surface area contributed by atoms with E-state index < -0.39 is 4.92 Å². The van der Waals surface area contributed by atoms with Crippen LogP contribution in [0.2, 0.25) is 0 Å². The molecular formula is C14H15N3O3. The summed E-state index contributed by atoms with van der Waals surface area (Å²) in [7, 11) is 0. The third-order valence-electron chi connectivity index (χ3n) is 3.62. The van der Waals surface area contributed by atoms with Crippen LogP contribution in [0.1, 0.15) is 28.8 Å². The molecule has 0 atom stereocenters. The van der Waals surface area contributed by atoms with Gasteiger partial charge in [0.1, 0.15) is 0 Å². The summed E-state index contributed by atoms with van der Waals surface area (Å²) < 4.78 is 0. The van der Waals surface area contributed by atoms with E-state index in [4.69, 9.17) is 5.26 Å². The van der Waals surface area contributed by atoms with Crippen molar-refractivity contribution in [2.45, 2.75) is 19.8 Å². The highest BCUT2D eigenvalue weighted by atomic mass is 16.6. The van der Waals surface area contributed by atoms with E-state index in [-0.39, 0.29) is 17.5 Å². The molecule has 1 heterocycles. The molecule has 0 unspecified atom stereocenters. The van der Waals surface area contributed by atoms with Crippen molar-refractivity contribution in [2.75, 3.05) is 13.1 Å². The second-order valence-corrected chi connectivity index (χ2v) is 4.95. The van der Waals surface area contributed by atoms with E-state index in [2.05, 4.69) is 6.07 Å². The van der Waals surface area contributed by atoms with Crippen LogP contribution in [0.5, 0.6) is 0 Å². The molecule has 0 saturated carbocycles. The molecule has 104 valence electrons. The summed E-state index contributed by atoms with van der Waals surface area (Å²) in [5.74, 6) is -0.0919. The molecule has 0 aromatic heterocycles. The van der Waals surface area contributed by atoms with Crippen molar-refractivity contribution in [1.82, 2.24) is 4.90 Å². The molecule has 0 aliphatic carbocycles. The van der Waals surface area contributed by atoms with Gasteiger partial charge >= 0.3 is 0 Å². The first-order chi connectivity index (χ1) is 9.52. The van der Waals surface area contributed by atoms with Crippen LogP contribution in [0.4, 0.5) is 5.69 Å². The van der Waals surface area contributed by atoms with Crippen LogP contribution in [-0.2, 0) is 0 Å². The lowest BCUT2D eigenvalue weighted by molar-refractivity contribution is -0.384. The number of hydrogen-bond donors (Lipinski definition) is 0. The Labute approximate surface area is 116 Å². The van der Waals surface area contributed by atoms with Gasteiger partial charge in [-0.1, -0.05) is 0 Å². The molecule has 1 aliphatic heterocycles. The molecule has 1 saturated heterocycles. The zero-order valence-electron chi connectivity index (χ0n) is 11.2. The highest BCUT2D eigenvalue weighted by Gasteiger charge is 2.24. The molecular weight excluding hydrogens is 258 g/mol. The lowest BCUT2D eigenvalue weighted by Crippen LogP contribution is -2.38. The van der Waals surface area contributed by atoms with Crippen LogP contribution in [0, 0.1) is 34.3 Å². The summed E-state index contributed by atoms with van der Waals surface area (Å²) in [5.41, 5.74) is 1.08. The monoisotopic (exact) mass is 273 g/mol. The van der Waals surface area contributed by atoms with Crippen molar-refractivity contribution >= 4 is 11.6 Å². The molecule has 0 bridgehead atoms. The molecule has 1 aliphatic rings. The average Bonchev–Trinajstić information content (AvgIpc) is 2.46. The van der Waals surface area contributed by atoms with E-state index in [9.17, 15) is 14.9 Å². The molecule has 0 N–H and O–H groups in total. The van der Waals surface area contributed by atoms with Gasteiger partial charge in [0.2, 0.25) is 0 Å². The number of likely N-dealkylation sites (tertiary alicyclic amines) is 1. The smallest absolute Gasteiger partial charge is 0.269 e. The van der Waals surface area contributed by atoms with Gasteiger partial charge < -0.3 is 4.90 Å². The quantitative estimate of drug-likeness (QED) is 0.611. The van der Waals surface area contributed by atoms with E-state index in [1.165, 1.54) is 18.2 Å². The minimum Gasteiger partial charge on any atom is -0.339 e. The summed E-state index contributed by atoms with van der Waals surface area (Å²) in [6.45, 7) is 2.82. The highest BCUT2D eigenvalue weighted by molar-refractivity contribution is 5.96. The molecule has 0 radical (unpaired) electrons. The Morgan fingerprint density at radius 1 is 1.45 bits per heavy atom. The molecule has 6 nitrogen and oxygen atoms in total. The summed E-state index contributed by atoms with van der Waals surface area (Å²) in [5, 5.41) is 19.5. The van der Waals surface area contributed by atoms with Crippen molar-refractivity contribution in [2.24, 2.45) is 5.92 Å². The number of amides is 1. The number of benzene rings is 1. The molecule has 1 aromatic rings. The van der Waals surface area contributed by atoms with Gasteiger partial charge in [0.15, 0.2) is 0 Å². The first-order valence-corrected chi connectivity index (χ1v) is 6.47. The number of carbonyl (C=O) groups excluding carboxylic acids is 1. The summed E-state index contributed by atoms with van der Waals surface area (Å²) in [6, 6.07) is 6.49. The summed E-state index contributed by atoms with van der Waals surface area (Å²) >= 11 is 0. The number of non-ortho nitro benzene ring substituents is 1. The van der Waals surface area contributed by atoms with Crippen molar-refractivity contribution in [3.63, 3.8) is 0 Å². The third kappa shape index (κ3) is 2.77. The summed E-state index contributed by atoms with van der Waals surface area (Å²) in [6.07, 6.45) is 1.38. The van der Waals surface area contributed by atoms with Gasteiger partial charge in [-0.2, -0.15) is 5.26 Å². The Morgan fingerprint density at radius 3 is 2.60 bits per heavy atom. The van der Waals surface area contributed by atoms with Crippen molar-refractivity contribution in [3.05, 3.63) is 39.4 Å². The van der Waals surface area contributed by atoms with Gasteiger partial charge in [-0.05, 0) is 31.4 Å². The van der Waals surface area contributed by atoms with Crippen LogP contribution in [0.3, 0.4) is 0 Å². The van der Waals surface area contributed by atoms with Crippen LogP contribution in [0.15, 0.2) is 18.2 Å². The van der Waals surface area contributed by atoms with Crippen LogP contribution in [-0.4, -0.2) is 28.8 Å². The first-order valence-electron chi connectivity index (χ1n) is 6.47. The van der Waals surface area contributed by atoms with Gasteiger partial charge in [-0.15, -0.1) is 0 Å². The number of piperidine rings is 1. The Hall–Kier alpha value is -2.42. The molecule has 6 heteroatoms. The Morgan fingerprint density at radius 2 is 2.10 bits per heavy atom. The normalized spacial score (nSPS) is 15.7. The SMILES string of the molecule is Cc1cc([N+](=O)[O-])ccc1C(=O)N1CCC(C#N)CC1. The fourth-order valence-electron chi connectivity index (χ4n) is 2.38. The number of nitro groups is 1. The zero-order valence-corrected chi connectivity index (χ0v) is 11.2. The second kappa shape index (κ2) is 5.70. The fourth-order valence-corrected chi connectivity index (χ4v) is 2.38. The average molecular weight is 273 g/mol. The number of nitriles is 1. The summed E-state index contributed by atoms with van der Waals surface area (Å²) in [4.78, 5) is 24.3.